The molecular weight excluding hydrogens is 380 g/mol. The quantitative estimate of drug-likeness (QED) is 0.483. The fourth-order valence-corrected chi connectivity index (χ4v) is 3.37. The Morgan fingerprint density at radius 3 is 2.53 bits per heavy atom. The molecule has 1 unspecified atom stereocenters. The molecule has 0 aromatic heterocycles. The third kappa shape index (κ3) is 4.31. The lowest BCUT2D eigenvalue weighted by molar-refractivity contribution is 0.0215. The summed E-state index contributed by atoms with van der Waals surface area (Å²) in [5.74, 6) is -0.132. The molecule has 1 aliphatic rings. The molecule has 0 saturated carbocycles. The normalized spacial score (nSPS) is 17.6. The number of carbonyl (C=O) groups excluding carboxylic acids is 1. The van der Waals surface area contributed by atoms with Crippen molar-refractivity contribution in [3.8, 4) is 17.2 Å². The van der Waals surface area contributed by atoms with Crippen LogP contribution in [-0.4, -0.2) is 27.2 Å². The molecule has 30 heavy (non-hydrogen) atoms. The van der Waals surface area contributed by atoms with E-state index in [1.165, 1.54) is 12.1 Å². The van der Waals surface area contributed by atoms with E-state index in [0.717, 1.165) is 11.1 Å². The van der Waals surface area contributed by atoms with E-state index in [-0.39, 0.29) is 22.8 Å². The summed E-state index contributed by atoms with van der Waals surface area (Å²) in [7, 11) is 0. The van der Waals surface area contributed by atoms with Crippen LogP contribution in [-0.2, 0) is 12.8 Å². The fraction of sp³-hybridized carbons (Fsp3) is 0.240. The number of ketones is 1. The Balaban J connectivity index is 1.96. The zero-order valence-corrected chi connectivity index (χ0v) is 17.2. The van der Waals surface area contributed by atoms with Crippen LogP contribution in [0.15, 0.2) is 66.8 Å². The number of rotatable bonds is 6. The number of fused-ring (bicyclic) bond motifs is 1. The van der Waals surface area contributed by atoms with Gasteiger partial charge in [0, 0.05) is 12.5 Å². The molecule has 0 amide bonds. The van der Waals surface area contributed by atoms with E-state index in [1.54, 1.807) is 24.3 Å². The number of phenolic OH excluding ortho intramolecular Hbond substituents is 2. The number of hydrogen-bond donors (Lipinski definition) is 3. The first-order valence-electron chi connectivity index (χ1n) is 9.71. The lowest BCUT2D eigenvalue weighted by Crippen LogP contribution is -2.36. The van der Waals surface area contributed by atoms with E-state index in [0.29, 0.717) is 29.5 Å². The van der Waals surface area contributed by atoms with Gasteiger partial charge in [-0.3, -0.25) is 4.79 Å². The van der Waals surface area contributed by atoms with Crippen molar-refractivity contribution in [1.29, 1.82) is 0 Å². The molecule has 3 N–H and O–H groups in total. The minimum absolute atomic E-state index is 0.0304. The van der Waals surface area contributed by atoms with Crippen molar-refractivity contribution in [2.75, 3.05) is 0 Å². The number of aromatic hydroxyl groups is 2. The van der Waals surface area contributed by atoms with Crippen molar-refractivity contribution in [3.63, 3.8) is 0 Å². The first kappa shape index (κ1) is 21.4. The molecular formula is C25H26O5. The van der Waals surface area contributed by atoms with Gasteiger partial charge in [0.05, 0.1) is 5.56 Å². The first-order chi connectivity index (χ1) is 14.2. The van der Waals surface area contributed by atoms with Crippen LogP contribution >= 0.6 is 0 Å². The highest BCUT2D eigenvalue weighted by molar-refractivity contribution is 6.03. The predicted octanol–water partition coefficient (Wildman–Crippen LogP) is 4.57. The summed E-state index contributed by atoms with van der Waals surface area (Å²) in [6.07, 6.45) is 2.05. The van der Waals surface area contributed by atoms with Gasteiger partial charge in [-0.25, -0.2) is 0 Å². The number of aliphatic hydroxyl groups excluding tert-OH is 1. The first-order valence-corrected chi connectivity index (χ1v) is 9.71. The lowest BCUT2D eigenvalue weighted by Gasteiger charge is -2.30. The zero-order valence-electron chi connectivity index (χ0n) is 17.2. The highest BCUT2D eigenvalue weighted by atomic mass is 16.5. The Bertz CT molecular complexity index is 1040. The number of allylic oxidation sites excluding steroid dienone is 4. The molecule has 0 aliphatic carbocycles. The number of hydrogen-bond acceptors (Lipinski definition) is 5. The summed E-state index contributed by atoms with van der Waals surface area (Å²) in [6.45, 7) is 11.4. The smallest absolute Gasteiger partial charge is 0.199 e. The van der Waals surface area contributed by atoms with Gasteiger partial charge in [-0.1, -0.05) is 42.5 Å². The summed E-state index contributed by atoms with van der Waals surface area (Å²) < 4.78 is 5.92. The number of phenols is 2. The van der Waals surface area contributed by atoms with Crippen molar-refractivity contribution in [2.24, 2.45) is 0 Å². The summed E-state index contributed by atoms with van der Waals surface area (Å²) in [4.78, 5) is 12.9. The third-order valence-electron chi connectivity index (χ3n) is 5.12. The van der Waals surface area contributed by atoms with Crippen LogP contribution < -0.4 is 4.74 Å². The Kier molecular flexibility index (Phi) is 6.13. The van der Waals surface area contributed by atoms with Crippen molar-refractivity contribution >= 4 is 5.78 Å². The average Bonchev–Trinajstić information content (AvgIpc) is 2.71. The van der Waals surface area contributed by atoms with E-state index in [2.05, 4.69) is 13.2 Å². The van der Waals surface area contributed by atoms with Crippen LogP contribution in [0.4, 0.5) is 0 Å². The topological polar surface area (TPSA) is 87.0 Å². The van der Waals surface area contributed by atoms with E-state index >= 15 is 0 Å². The van der Waals surface area contributed by atoms with Crippen molar-refractivity contribution in [3.05, 3.63) is 89.0 Å². The van der Waals surface area contributed by atoms with Crippen LogP contribution in [0.1, 0.15) is 47.0 Å². The van der Waals surface area contributed by atoms with E-state index in [9.17, 15) is 20.1 Å². The molecule has 0 saturated heterocycles. The molecule has 0 bridgehead atoms. The molecule has 3 rings (SSSR count). The van der Waals surface area contributed by atoms with E-state index in [1.807, 2.05) is 19.9 Å². The maximum atomic E-state index is 12.9. The molecule has 0 spiro atoms. The van der Waals surface area contributed by atoms with Gasteiger partial charge < -0.3 is 20.1 Å². The molecule has 2 atom stereocenters. The Morgan fingerprint density at radius 1 is 1.13 bits per heavy atom. The molecule has 5 nitrogen and oxygen atoms in total. The number of ether oxygens (including phenoxy) is 1. The minimum Gasteiger partial charge on any atom is -0.508 e. The molecule has 2 aromatic rings. The van der Waals surface area contributed by atoms with Gasteiger partial charge in [-0.05, 0) is 55.2 Å². The van der Waals surface area contributed by atoms with E-state index in [4.69, 9.17) is 4.74 Å². The average molecular weight is 406 g/mol. The van der Waals surface area contributed by atoms with Crippen molar-refractivity contribution in [2.45, 2.75) is 38.9 Å². The minimum atomic E-state index is -1.40. The summed E-state index contributed by atoms with van der Waals surface area (Å²) in [6, 6.07) is 7.77. The molecule has 0 fully saturated rings. The van der Waals surface area contributed by atoms with E-state index < -0.39 is 18.0 Å². The molecule has 5 heteroatoms. The second-order valence-corrected chi connectivity index (χ2v) is 7.74. The number of Topliss-reactive ketones (excluding diaryl/α,β-unsaturated/α-hetero) is 1. The van der Waals surface area contributed by atoms with Gasteiger partial charge in [-0.2, -0.15) is 0 Å². The lowest BCUT2D eigenvalue weighted by atomic mass is 9.90. The Hall–Kier alpha value is -3.31. The Morgan fingerprint density at radius 2 is 1.87 bits per heavy atom. The highest BCUT2D eigenvalue weighted by Crippen LogP contribution is 2.39. The molecule has 1 aliphatic heterocycles. The monoisotopic (exact) mass is 406 g/mol. The maximum absolute atomic E-state index is 12.9. The molecule has 2 aromatic carbocycles. The molecule has 156 valence electrons. The fourth-order valence-electron chi connectivity index (χ4n) is 3.37. The van der Waals surface area contributed by atoms with Crippen molar-refractivity contribution in [1.82, 2.24) is 0 Å². The number of carbonyl (C=O) groups is 1. The SMILES string of the molecule is C=CC(=C)Cc1cc(C2Oc3cc(O)c(CC=C(C)C)cc3C(=O)[C@@H]2O)ccc1O. The van der Waals surface area contributed by atoms with Crippen LogP contribution in [0, 0.1) is 0 Å². The van der Waals surface area contributed by atoms with Gasteiger partial charge in [0.15, 0.2) is 18.0 Å². The third-order valence-corrected chi connectivity index (χ3v) is 5.12. The maximum Gasteiger partial charge on any atom is 0.199 e. The Labute approximate surface area is 176 Å². The van der Waals surface area contributed by atoms with Crippen LogP contribution in [0.5, 0.6) is 17.2 Å². The summed E-state index contributed by atoms with van der Waals surface area (Å²) >= 11 is 0. The van der Waals surface area contributed by atoms with Crippen LogP contribution in [0.3, 0.4) is 0 Å². The molecule has 0 radical (unpaired) electrons. The largest absolute Gasteiger partial charge is 0.508 e. The molecule has 1 heterocycles. The standard InChI is InChI=1S/C25H26O5/c1-5-15(4)10-18-11-17(8-9-20(18)26)25-24(29)23(28)19-12-16(7-6-14(2)3)21(27)13-22(19)30-25/h5-6,8-9,11-13,24-27,29H,1,4,7,10H2,2-3H3/t24-,25?/m0/s1. The highest BCUT2D eigenvalue weighted by Gasteiger charge is 2.37. The number of aliphatic hydroxyl groups is 1. The number of benzene rings is 2. The van der Waals surface area contributed by atoms with Gasteiger partial charge in [0.25, 0.3) is 0 Å². The summed E-state index contributed by atoms with van der Waals surface area (Å²) in [5, 5.41) is 31.1. The van der Waals surface area contributed by atoms with Gasteiger partial charge in [0.1, 0.15) is 17.2 Å². The van der Waals surface area contributed by atoms with Gasteiger partial charge in [0.2, 0.25) is 0 Å². The second-order valence-electron chi connectivity index (χ2n) is 7.74. The summed E-state index contributed by atoms with van der Waals surface area (Å²) in [5.41, 5.74) is 3.78. The zero-order chi connectivity index (χ0) is 22.0. The van der Waals surface area contributed by atoms with Gasteiger partial charge >= 0.3 is 0 Å². The van der Waals surface area contributed by atoms with Crippen molar-refractivity contribution < 1.29 is 24.9 Å². The van der Waals surface area contributed by atoms with Crippen LogP contribution in [0.25, 0.3) is 0 Å². The van der Waals surface area contributed by atoms with Crippen LogP contribution in [0.2, 0.25) is 0 Å². The van der Waals surface area contributed by atoms with Gasteiger partial charge in [-0.15, -0.1) is 0 Å². The predicted molar refractivity (Wildman–Crippen MR) is 116 cm³/mol. The second kappa shape index (κ2) is 8.59.